The van der Waals surface area contributed by atoms with E-state index in [9.17, 15) is 0 Å². The van der Waals surface area contributed by atoms with E-state index in [1.54, 1.807) is 0 Å². The molecule has 0 spiro atoms. The molecule has 0 saturated heterocycles. The van der Waals surface area contributed by atoms with Crippen LogP contribution in [0.5, 0.6) is 0 Å². The van der Waals surface area contributed by atoms with Crippen LogP contribution in [0.2, 0.25) is 0 Å². The lowest BCUT2D eigenvalue weighted by Gasteiger charge is -2.34. The Morgan fingerprint density at radius 3 is 2.95 bits per heavy atom. The number of aromatic nitrogens is 2. The van der Waals surface area contributed by atoms with Crippen molar-refractivity contribution < 1.29 is 0 Å². The SMILES string of the molecule is CC12CCC(c3cnc(NCCCCl)nc31)C2(C)C. The Morgan fingerprint density at radius 1 is 1.42 bits per heavy atom. The molecule has 3 nitrogen and oxygen atoms in total. The lowest BCUT2D eigenvalue weighted by Crippen LogP contribution is -2.32. The number of nitrogens with zero attached hydrogens (tertiary/aromatic N) is 2. The molecule has 0 radical (unpaired) electrons. The Bertz CT molecular complexity index is 500. The number of fused-ring (bicyclic) bond motifs is 5. The van der Waals surface area contributed by atoms with Crippen LogP contribution in [0.15, 0.2) is 6.20 Å². The van der Waals surface area contributed by atoms with Gasteiger partial charge in [0.1, 0.15) is 0 Å². The van der Waals surface area contributed by atoms with E-state index in [1.165, 1.54) is 24.1 Å². The van der Waals surface area contributed by atoms with Crippen molar-refractivity contribution in [1.29, 1.82) is 0 Å². The van der Waals surface area contributed by atoms with Crippen LogP contribution in [0, 0.1) is 5.41 Å². The molecule has 4 heteroatoms. The Kier molecular flexibility index (Phi) is 3.01. The topological polar surface area (TPSA) is 37.8 Å². The predicted octanol–water partition coefficient (Wildman–Crippen LogP) is 3.69. The summed E-state index contributed by atoms with van der Waals surface area (Å²) in [6.07, 6.45) is 5.50. The first kappa shape index (κ1) is 13.2. The van der Waals surface area contributed by atoms with Crippen molar-refractivity contribution >= 4 is 17.5 Å². The fourth-order valence-corrected chi connectivity index (χ4v) is 4.04. The lowest BCUT2D eigenvalue weighted by molar-refractivity contribution is 0.227. The number of hydrogen-bond donors (Lipinski definition) is 1. The van der Waals surface area contributed by atoms with Gasteiger partial charge >= 0.3 is 0 Å². The van der Waals surface area contributed by atoms with Gasteiger partial charge in [0.05, 0.1) is 5.69 Å². The zero-order valence-corrected chi connectivity index (χ0v) is 12.7. The number of anilines is 1. The zero-order valence-electron chi connectivity index (χ0n) is 12.0. The average Bonchev–Trinajstić information content (AvgIpc) is 2.71. The highest BCUT2D eigenvalue weighted by Gasteiger charge is 2.60. The van der Waals surface area contributed by atoms with Gasteiger partial charge in [0, 0.05) is 24.0 Å². The number of alkyl halides is 1. The van der Waals surface area contributed by atoms with Gasteiger partial charge in [-0.3, -0.25) is 0 Å². The largest absolute Gasteiger partial charge is 0.354 e. The third kappa shape index (κ3) is 1.70. The molecule has 3 rings (SSSR count). The van der Waals surface area contributed by atoms with Gasteiger partial charge in [-0.2, -0.15) is 0 Å². The summed E-state index contributed by atoms with van der Waals surface area (Å²) >= 11 is 5.69. The Hall–Kier alpha value is -0.830. The van der Waals surface area contributed by atoms with Crippen molar-refractivity contribution in [2.75, 3.05) is 17.7 Å². The Morgan fingerprint density at radius 2 is 2.21 bits per heavy atom. The molecule has 1 heterocycles. The third-order valence-corrected chi connectivity index (χ3v) is 5.80. The maximum atomic E-state index is 5.69. The maximum absolute atomic E-state index is 5.69. The molecule has 1 aromatic rings. The second kappa shape index (κ2) is 4.34. The van der Waals surface area contributed by atoms with E-state index >= 15 is 0 Å². The van der Waals surface area contributed by atoms with Crippen LogP contribution >= 0.6 is 11.6 Å². The van der Waals surface area contributed by atoms with Gasteiger partial charge in [-0.1, -0.05) is 20.8 Å². The summed E-state index contributed by atoms with van der Waals surface area (Å²) in [7, 11) is 0. The first-order valence-corrected chi connectivity index (χ1v) is 7.71. The quantitative estimate of drug-likeness (QED) is 0.675. The first-order chi connectivity index (χ1) is 9.00. The van der Waals surface area contributed by atoms with Crippen molar-refractivity contribution in [1.82, 2.24) is 9.97 Å². The summed E-state index contributed by atoms with van der Waals surface area (Å²) in [5.41, 5.74) is 3.16. The number of halogens is 1. The Labute approximate surface area is 120 Å². The summed E-state index contributed by atoms with van der Waals surface area (Å²) in [6.45, 7) is 7.97. The molecular weight excluding hydrogens is 258 g/mol. The number of nitrogens with one attached hydrogen (secondary N) is 1. The summed E-state index contributed by atoms with van der Waals surface area (Å²) in [5, 5.41) is 3.27. The zero-order chi connectivity index (χ0) is 13.7. The van der Waals surface area contributed by atoms with Crippen molar-refractivity contribution in [3.63, 3.8) is 0 Å². The predicted molar refractivity (Wildman–Crippen MR) is 79.0 cm³/mol. The van der Waals surface area contributed by atoms with Gasteiger partial charge in [-0.25, -0.2) is 9.97 Å². The van der Waals surface area contributed by atoms with Crippen LogP contribution in [0.4, 0.5) is 5.95 Å². The second-order valence-electron chi connectivity index (χ2n) is 6.61. The van der Waals surface area contributed by atoms with Crippen molar-refractivity contribution in [3.8, 4) is 0 Å². The summed E-state index contributed by atoms with van der Waals surface area (Å²) in [5.74, 6) is 2.06. The van der Waals surface area contributed by atoms with E-state index in [1.807, 2.05) is 6.20 Å². The van der Waals surface area contributed by atoms with E-state index in [0.717, 1.165) is 18.9 Å². The summed E-state index contributed by atoms with van der Waals surface area (Å²) in [6, 6.07) is 0. The highest BCUT2D eigenvalue weighted by Crippen LogP contribution is 2.66. The fourth-order valence-electron chi connectivity index (χ4n) is 3.91. The molecule has 1 aromatic heterocycles. The number of hydrogen-bond acceptors (Lipinski definition) is 3. The molecule has 104 valence electrons. The van der Waals surface area contributed by atoms with Crippen LogP contribution in [0.1, 0.15) is 57.2 Å². The van der Waals surface area contributed by atoms with Crippen LogP contribution in [-0.4, -0.2) is 22.4 Å². The molecule has 2 aliphatic carbocycles. The monoisotopic (exact) mass is 279 g/mol. The van der Waals surface area contributed by atoms with Crippen LogP contribution in [-0.2, 0) is 5.41 Å². The van der Waals surface area contributed by atoms with Crippen molar-refractivity contribution in [3.05, 3.63) is 17.5 Å². The first-order valence-electron chi connectivity index (χ1n) is 7.18. The Balaban J connectivity index is 1.92. The van der Waals surface area contributed by atoms with Crippen molar-refractivity contribution in [2.45, 2.75) is 51.4 Å². The average molecular weight is 280 g/mol. The highest BCUT2D eigenvalue weighted by atomic mass is 35.5. The third-order valence-electron chi connectivity index (χ3n) is 5.53. The van der Waals surface area contributed by atoms with Crippen molar-refractivity contribution in [2.24, 2.45) is 5.41 Å². The second-order valence-corrected chi connectivity index (χ2v) is 6.99. The van der Waals surface area contributed by atoms with Gasteiger partial charge < -0.3 is 5.32 Å². The summed E-state index contributed by atoms with van der Waals surface area (Å²) in [4.78, 5) is 9.28. The normalized spacial score (nSPS) is 30.4. The minimum Gasteiger partial charge on any atom is -0.354 e. The molecule has 2 unspecified atom stereocenters. The standard InChI is InChI=1S/C15H22ClN3/c1-14(2)11-5-6-15(14,3)12-10(11)9-18-13(19-12)17-8-4-7-16/h9,11H,4-8H2,1-3H3,(H,17,18,19). The number of rotatable bonds is 4. The van der Waals surface area contributed by atoms with Gasteiger partial charge in [0.25, 0.3) is 0 Å². The van der Waals surface area contributed by atoms with E-state index in [-0.39, 0.29) is 5.41 Å². The van der Waals surface area contributed by atoms with E-state index in [4.69, 9.17) is 16.6 Å². The maximum Gasteiger partial charge on any atom is 0.222 e. The molecule has 0 amide bonds. The van der Waals surface area contributed by atoms with Gasteiger partial charge in [-0.05, 0) is 36.2 Å². The molecule has 1 fully saturated rings. The lowest BCUT2D eigenvalue weighted by atomic mass is 9.70. The van der Waals surface area contributed by atoms with Gasteiger partial charge in [-0.15, -0.1) is 11.6 Å². The molecular formula is C15H22ClN3. The van der Waals surface area contributed by atoms with Crippen LogP contribution in [0.25, 0.3) is 0 Å². The summed E-state index contributed by atoms with van der Waals surface area (Å²) < 4.78 is 0. The van der Waals surface area contributed by atoms with Crippen LogP contribution in [0.3, 0.4) is 0 Å². The molecule has 1 N–H and O–H groups in total. The molecule has 2 bridgehead atoms. The van der Waals surface area contributed by atoms with Gasteiger partial charge in [0.2, 0.25) is 5.95 Å². The van der Waals surface area contributed by atoms with E-state index < -0.39 is 0 Å². The van der Waals surface area contributed by atoms with Gasteiger partial charge in [0.15, 0.2) is 0 Å². The molecule has 19 heavy (non-hydrogen) atoms. The molecule has 2 atom stereocenters. The van der Waals surface area contributed by atoms with E-state index in [2.05, 4.69) is 31.1 Å². The minimum absolute atomic E-state index is 0.207. The minimum atomic E-state index is 0.207. The molecule has 2 aliphatic rings. The molecule has 0 aromatic carbocycles. The smallest absolute Gasteiger partial charge is 0.222 e. The molecule has 0 aliphatic heterocycles. The molecule has 1 saturated carbocycles. The van der Waals surface area contributed by atoms with Crippen LogP contribution < -0.4 is 5.32 Å². The highest BCUT2D eigenvalue weighted by molar-refractivity contribution is 6.17. The van der Waals surface area contributed by atoms with E-state index in [0.29, 0.717) is 17.2 Å². The fraction of sp³-hybridized carbons (Fsp3) is 0.733.